The van der Waals surface area contributed by atoms with Gasteiger partial charge in [0.15, 0.2) is 0 Å². The molecule has 96 valence electrons. The van der Waals surface area contributed by atoms with E-state index in [2.05, 4.69) is 30.3 Å². The van der Waals surface area contributed by atoms with Crippen molar-refractivity contribution in [1.29, 1.82) is 0 Å². The summed E-state index contributed by atoms with van der Waals surface area (Å²) in [7, 11) is 2.13. The number of likely N-dealkylation sites (N-methyl/N-ethyl adjacent to an activating group) is 1. The van der Waals surface area contributed by atoms with Crippen LogP contribution in [0, 0.1) is 0 Å². The van der Waals surface area contributed by atoms with Crippen LogP contribution in [0.1, 0.15) is 25.3 Å². The van der Waals surface area contributed by atoms with E-state index in [-0.39, 0.29) is 0 Å². The number of unbranched alkanes of at least 4 members (excludes halogenated alkanes) is 1. The first-order valence-electron chi connectivity index (χ1n) is 6.36. The van der Waals surface area contributed by atoms with Gasteiger partial charge in [-0.1, -0.05) is 43.1 Å². The smallest absolute Gasteiger partial charge is 0.0451 e. The molecule has 0 saturated heterocycles. The van der Waals surface area contributed by atoms with Gasteiger partial charge in [-0.05, 0) is 31.6 Å². The number of rotatable bonds is 8. The molecule has 0 unspecified atom stereocenters. The van der Waals surface area contributed by atoms with Crippen LogP contribution in [0.5, 0.6) is 0 Å². The van der Waals surface area contributed by atoms with Gasteiger partial charge in [0, 0.05) is 24.7 Å². The predicted molar refractivity (Wildman–Crippen MR) is 75.6 cm³/mol. The second-order valence-electron chi connectivity index (χ2n) is 4.43. The highest BCUT2D eigenvalue weighted by Crippen LogP contribution is 2.15. The fourth-order valence-corrected chi connectivity index (χ4v) is 1.89. The highest BCUT2D eigenvalue weighted by molar-refractivity contribution is 6.31. The van der Waals surface area contributed by atoms with Gasteiger partial charge in [0.05, 0.1) is 0 Å². The Kier molecular flexibility index (Phi) is 7.25. The third-order valence-corrected chi connectivity index (χ3v) is 3.14. The van der Waals surface area contributed by atoms with Gasteiger partial charge in [0.25, 0.3) is 0 Å². The highest BCUT2D eigenvalue weighted by Gasteiger charge is 2.03. The Labute approximate surface area is 110 Å². The summed E-state index contributed by atoms with van der Waals surface area (Å²) in [5, 5.41) is 4.30. The molecule has 3 heteroatoms. The molecule has 0 amide bonds. The molecule has 1 aromatic carbocycles. The largest absolute Gasteiger partial charge is 0.315 e. The number of nitrogens with one attached hydrogen (secondary N) is 1. The van der Waals surface area contributed by atoms with E-state index in [0.717, 1.165) is 31.2 Å². The van der Waals surface area contributed by atoms with Crippen molar-refractivity contribution >= 4 is 11.6 Å². The lowest BCUT2D eigenvalue weighted by Gasteiger charge is -2.17. The topological polar surface area (TPSA) is 15.3 Å². The van der Waals surface area contributed by atoms with Crippen LogP contribution in [-0.2, 0) is 6.54 Å². The maximum atomic E-state index is 6.13. The quantitative estimate of drug-likeness (QED) is 0.717. The second kappa shape index (κ2) is 8.51. The molecule has 1 N–H and O–H groups in total. The zero-order chi connectivity index (χ0) is 12.5. The van der Waals surface area contributed by atoms with Gasteiger partial charge in [-0.25, -0.2) is 0 Å². The Morgan fingerprint density at radius 1 is 1.24 bits per heavy atom. The average molecular weight is 255 g/mol. The standard InChI is InChI=1S/C14H23ClN2/c1-3-4-9-16-10-11-17(2)12-13-7-5-6-8-14(13)15/h5-8,16H,3-4,9-12H2,1-2H3. The summed E-state index contributed by atoms with van der Waals surface area (Å²) in [5.74, 6) is 0. The summed E-state index contributed by atoms with van der Waals surface area (Å²) < 4.78 is 0. The van der Waals surface area contributed by atoms with Crippen molar-refractivity contribution in [3.05, 3.63) is 34.9 Å². The zero-order valence-electron chi connectivity index (χ0n) is 10.9. The van der Waals surface area contributed by atoms with E-state index in [1.165, 1.54) is 18.4 Å². The third kappa shape index (κ3) is 6.06. The highest BCUT2D eigenvalue weighted by atomic mass is 35.5. The number of hydrogen-bond donors (Lipinski definition) is 1. The first kappa shape index (κ1) is 14.5. The number of hydrogen-bond acceptors (Lipinski definition) is 2. The minimum Gasteiger partial charge on any atom is -0.315 e. The summed E-state index contributed by atoms with van der Waals surface area (Å²) >= 11 is 6.13. The molecular formula is C14H23ClN2. The van der Waals surface area contributed by atoms with E-state index in [9.17, 15) is 0 Å². The minimum absolute atomic E-state index is 0.860. The van der Waals surface area contributed by atoms with Crippen molar-refractivity contribution in [3.63, 3.8) is 0 Å². The molecule has 0 aromatic heterocycles. The first-order valence-corrected chi connectivity index (χ1v) is 6.74. The van der Waals surface area contributed by atoms with Crippen LogP contribution >= 0.6 is 11.6 Å². The Bertz CT molecular complexity index is 315. The van der Waals surface area contributed by atoms with Crippen molar-refractivity contribution in [1.82, 2.24) is 10.2 Å². The Morgan fingerprint density at radius 3 is 2.71 bits per heavy atom. The van der Waals surface area contributed by atoms with E-state index in [1.807, 2.05) is 18.2 Å². The van der Waals surface area contributed by atoms with Gasteiger partial charge >= 0.3 is 0 Å². The molecule has 0 spiro atoms. The lowest BCUT2D eigenvalue weighted by molar-refractivity contribution is 0.324. The van der Waals surface area contributed by atoms with Gasteiger partial charge in [0.2, 0.25) is 0 Å². The van der Waals surface area contributed by atoms with E-state index < -0.39 is 0 Å². The van der Waals surface area contributed by atoms with Crippen molar-refractivity contribution in [2.24, 2.45) is 0 Å². The van der Waals surface area contributed by atoms with Crippen molar-refractivity contribution in [3.8, 4) is 0 Å². The summed E-state index contributed by atoms with van der Waals surface area (Å²) in [4.78, 5) is 2.29. The normalized spacial score (nSPS) is 11.1. The maximum absolute atomic E-state index is 6.13. The van der Waals surface area contributed by atoms with E-state index in [0.29, 0.717) is 0 Å². The van der Waals surface area contributed by atoms with Crippen molar-refractivity contribution in [2.75, 3.05) is 26.7 Å². The minimum atomic E-state index is 0.860. The summed E-state index contributed by atoms with van der Waals surface area (Å²) in [6.07, 6.45) is 2.51. The van der Waals surface area contributed by atoms with Gasteiger partial charge < -0.3 is 10.2 Å². The summed E-state index contributed by atoms with van der Waals surface area (Å²) in [6.45, 7) is 6.34. The fourth-order valence-electron chi connectivity index (χ4n) is 1.69. The average Bonchev–Trinajstić information content (AvgIpc) is 2.32. The Hall–Kier alpha value is -0.570. The molecule has 0 radical (unpaired) electrons. The molecule has 1 rings (SSSR count). The van der Waals surface area contributed by atoms with Crippen molar-refractivity contribution in [2.45, 2.75) is 26.3 Å². The van der Waals surface area contributed by atoms with Crippen LogP contribution in [-0.4, -0.2) is 31.6 Å². The lowest BCUT2D eigenvalue weighted by Crippen LogP contribution is -2.29. The monoisotopic (exact) mass is 254 g/mol. The molecule has 0 bridgehead atoms. The predicted octanol–water partition coefficient (Wildman–Crippen LogP) is 3.16. The second-order valence-corrected chi connectivity index (χ2v) is 4.84. The van der Waals surface area contributed by atoms with Crippen molar-refractivity contribution < 1.29 is 0 Å². The molecule has 0 aliphatic carbocycles. The SMILES string of the molecule is CCCCNCCN(C)Cc1ccccc1Cl. The van der Waals surface area contributed by atoms with Gasteiger partial charge in [-0.15, -0.1) is 0 Å². The lowest BCUT2D eigenvalue weighted by atomic mass is 10.2. The molecule has 2 nitrogen and oxygen atoms in total. The zero-order valence-corrected chi connectivity index (χ0v) is 11.6. The van der Waals surface area contributed by atoms with Crippen LogP contribution in [0.2, 0.25) is 5.02 Å². The van der Waals surface area contributed by atoms with Gasteiger partial charge in [-0.2, -0.15) is 0 Å². The van der Waals surface area contributed by atoms with Crippen LogP contribution in [0.15, 0.2) is 24.3 Å². The molecule has 0 aliphatic heterocycles. The molecule has 0 aliphatic rings. The molecule has 0 atom stereocenters. The molecule has 1 aromatic rings. The third-order valence-electron chi connectivity index (χ3n) is 2.78. The fraction of sp³-hybridized carbons (Fsp3) is 0.571. The Morgan fingerprint density at radius 2 is 2.00 bits per heavy atom. The van der Waals surface area contributed by atoms with Gasteiger partial charge in [0.1, 0.15) is 0 Å². The molecular weight excluding hydrogens is 232 g/mol. The van der Waals surface area contributed by atoms with Crippen LogP contribution in [0.3, 0.4) is 0 Å². The number of benzene rings is 1. The number of nitrogens with zero attached hydrogens (tertiary/aromatic N) is 1. The first-order chi connectivity index (χ1) is 8.24. The summed E-state index contributed by atoms with van der Waals surface area (Å²) in [5.41, 5.74) is 1.20. The van der Waals surface area contributed by atoms with E-state index in [4.69, 9.17) is 11.6 Å². The maximum Gasteiger partial charge on any atom is 0.0451 e. The summed E-state index contributed by atoms with van der Waals surface area (Å²) in [6, 6.07) is 8.04. The van der Waals surface area contributed by atoms with Gasteiger partial charge in [-0.3, -0.25) is 0 Å². The Balaban J connectivity index is 2.21. The van der Waals surface area contributed by atoms with E-state index >= 15 is 0 Å². The molecule has 0 heterocycles. The van der Waals surface area contributed by atoms with Crippen LogP contribution in [0.4, 0.5) is 0 Å². The van der Waals surface area contributed by atoms with E-state index in [1.54, 1.807) is 0 Å². The molecule has 0 saturated carbocycles. The van der Waals surface area contributed by atoms with Crippen LogP contribution in [0.25, 0.3) is 0 Å². The van der Waals surface area contributed by atoms with Crippen LogP contribution < -0.4 is 5.32 Å². The molecule has 0 fully saturated rings. The molecule has 17 heavy (non-hydrogen) atoms. The number of halogens is 1.